The van der Waals surface area contributed by atoms with Crippen LogP contribution >= 0.6 is 0 Å². The van der Waals surface area contributed by atoms with Gasteiger partial charge in [-0.3, -0.25) is 0 Å². The van der Waals surface area contributed by atoms with Gasteiger partial charge in [0.2, 0.25) is 10.0 Å². The first-order valence-corrected chi connectivity index (χ1v) is 10.2. The van der Waals surface area contributed by atoms with Crippen LogP contribution in [0.5, 0.6) is 0 Å². The molecule has 1 aliphatic heterocycles. The van der Waals surface area contributed by atoms with Crippen molar-refractivity contribution in [3.05, 3.63) is 35.9 Å². The number of aryl methyl sites for hydroxylation is 2. The fourth-order valence-electron chi connectivity index (χ4n) is 3.14. The number of oxazole rings is 1. The van der Waals surface area contributed by atoms with Crippen LogP contribution in [0, 0.1) is 13.8 Å². The van der Waals surface area contributed by atoms with Crippen LogP contribution in [0.1, 0.15) is 30.7 Å². The van der Waals surface area contributed by atoms with E-state index in [0.717, 1.165) is 13.0 Å². The van der Waals surface area contributed by atoms with Gasteiger partial charge in [-0.05, 0) is 50.9 Å². The smallest absolute Gasteiger partial charge is 0.240 e. The van der Waals surface area contributed by atoms with Crippen molar-refractivity contribution < 1.29 is 17.9 Å². The Labute approximate surface area is 153 Å². The van der Waals surface area contributed by atoms with E-state index >= 15 is 0 Å². The van der Waals surface area contributed by atoms with Crippen molar-refractivity contribution >= 4 is 10.0 Å². The van der Waals surface area contributed by atoms with Gasteiger partial charge in [0.05, 0.1) is 16.7 Å². The van der Waals surface area contributed by atoms with Crippen molar-refractivity contribution in [1.82, 2.24) is 15.0 Å². The maximum atomic E-state index is 12.8. The van der Waals surface area contributed by atoms with E-state index < -0.39 is 15.6 Å². The lowest BCUT2D eigenvalue weighted by Crippen LogP contribution is -2.43. The molecule has 8 heteroatoms. The van der Waals surface area contributed by atoms with Gasteiger partial charge >= 0.3 is 0 Å². The molecule has 26 heavy (non-hydrogen) atoms. The van der Waals surface area contributed by atoms with Crippen molar-refractivity contribution in [3.8, 4) is 11.3 Å². The first kappa shape index (κ1) is 19.0. The van der Waals surface area contributed by atoms with Crippen LogP contribution in [0.2, 0.25) is 0 Å². The van der Waals surface area contributed by atoms with Crippen molar-refractivity contribution in [3.63, 3.8) is 0 Å². The molecule has 2 heterocycles. The Morgan fingerprint density at radius 3 is 2.85 bits per heavy atom. The van der Waals surface area contributed by atoms with E-state index in [1.807, 2.05) is 0 Å². The van der Waals surface area contributed by atoms with Gasteiger partial charge in [-0.2, -0.15) is 0 Å². The SMILES string of the molecule is Cc1ncc(-c2ccc(C)c(S(=O)(=O)NC[C@@]3(O)CCCNCC3)c2)o1. The summed E-state index contributed by atoms with van der Waals surface area (Å²) in [6.07, 6.45) is 3.48. The van der Waals surface area contributed by atoms with Crippen LogP contribution in [-0.4, -0.2) is 43.7 Å². The summed E-state index contributed by atoms with van der Waals surface area (Å²) >= 11 is 0. The summed E-state index contributed by atoms with van der Waals surface area (Å²) in [6.45, 7) is 5.00. The lowest BCUT2D eigenvalue weighted by molar-refractivity contribution is 0.0335. The Balaban J connectivity index is 1.82. The molecule has 0 unspecified atom stereocenters. The maximum absolute atomic E-state index is 12.8. The van der Waals surface area contributed by atoms with E-state index in [4.69, 9.17) is 4.42 Å². The molecular formula is C18H25N3O4S. The molecule has 1 aliphatic rings. The van der Waals surface area contributed by atoms with Gasteiger partial charge in [0.25, 0.3) is 0 Å². The molecule has 0 saturated carbocycles. The van der Waals surface area contributed by atoms with Crippen LogP contribution in [0.3, 0.4) is 0 Å². The second-order valence-corrected chi connectivity index (χ2v) is 8.61. The maximum Gasteiger partial charge on any atom is 0.240 e. The fourth-order valence-corrected chi connectivity index (χ4v) is 4.52. The van der Waals surface area contributed by atoms with Gasteiger partial charge < -0.3 is 14.8 Å². The zero-order valence-electron chi connectivity index (χ0n) is 15.1. The summed E-state index contributed by atoms with van der Waals surface area (Å²) in [4.78, 5) is 4.23. The summed E-state index contributed by atoms with van der Waals surface area (Å²) in [7, 11) is -3.76. The van der Waals surface area contributed by atoms with Crippen molar-refractivity contribution in [2.24, 2.45) is 0 Å². The molecule has 7 nitrogen and oxygen atoms in total. The molecule has 3 N–H and O–H groups in total. The third-order valence-electron chi connectivity index (χ3n) is 4.74. The van der Waals surface area contributed by atoms with E-state index in [2.05, 4.69) is 15.0 Å². The normalized spacial score (nSPS) is 21.5. The molecular weight excluding hydrogens is 354 g/mol. The first-order chi connectivity index (χ1) is 12.3. The summed E-state index contributed by atoms with van der Waals surface area (Å²) in [5.74, 6) is 1.04. The number of rotatable bonds is 5. The molecule has 1 saturated heterocycles. The van der Waals surface area contributed by atoms with Crippen LogP contribution in [0.4, 0.5) is 0 Å². The predicted molar refractivity (Wildman–Crippen MR) is 98.3 cm³/mol. The van der Waals surface area contributed by atoms with Crippen molar-refractivity contribution in [1.29, 1.82) is 0 Å². The zero-order chi connectivity index (χ0) is 18.8. The number of hydrogen-bond acceptors (Lipinski definition) is 6. The molecule has 1 aromatic carbocycles. The highest BCUT2D eigenvalue weighted by Crippen LogP contribution is 2.26. The minimum Gasteiger partial charge on any atom is -0.441 e. The molecule has 142 valence electrons. The van der Waals surface area contributed by atoms with E-state index in [9.17, 15) is 13.5 Å². The molecule has 0 amide bonds. The lowest BCUT2D eigenvalue weighted by Gasteiger charge is -2.26. The fraction of sp³-hybridized carbons (Fsp3) is 0.500. The van der Waals surface area contributed by atoms with E-state index in [1.54, 1.807) is 38.2 Å². The molecule has 2 aromatic rings. The summed E-state index contributed by atoms with van der Waals surface area (Å²) in [5.41, 5.74) is 0.255. The van der Waals surface area contributed by atoms with Crippen LogP contribution < -0.4 is 10.0 Å². The Morgan fingerprint density at radius 1 is 1.31 bits per heavy atom. The number of aliphatic hydroxyl groups is 1. The third-order valence-corrected chi connectivity index (χ3v) is 6.28. The molecule has 1 atom stereocenters. The lowest BCUT2D eigenvalue weighted by atomic mass is 9.95. The van der Waals surface area contributed by atoms with Crippen LogP contribution in [-0.2, 0) is 10.0 Å². The van der Waals surface area contributed by atoms with Crippen LogP contribution in [0.25, 0.3) is 11.3 Å². The highest BCUT2D eigenvalue weighted by atomic mass is 32.2. The molecule has 0 bridgehead atoms. The van der Waals surface area contributed by atoms with E-state index in [-0.39, 0.29) is 11.4 Å². The molecule has 1 fully saturated rings. The Bertz CT molecular complexity index is 868. The van der Waals surface area contributed by atoms with Gasteiger partial charge in [-0.1, -0.05) is 12.1 Å². The quantitative estimate of drug-likeness (QED) is 0.731. The minimum absolute atomic E-state index is 0.00208. The number of aromatic nitrogens is 1. The Hall–Kier alpha value is -1.74. The van der Waals surface area contributed by atoms with Crippen molar-refractivity contribution in [2.75, 3.05) is 19.6 Å². The molecule has 0 spiro atoms. The molecule has 0 radical (unpaired) electrons. The van der Waals surface area contributed by atoms with Gasteiger partial charge in [-0.15, -0.1) is 0 Å². The van der Waals surface area contributed by atoms with Crippen molar-refractivity contribution in [2.45, 2.75) is 43.6 Å². The third kappa shape index (κ3) is 4.32. The van der Waals surface area contributed by atoms with E-state index in [1.165, 1.54) is 0 Å². The second-order valence-electron chi connectivity index (χ2n) is 6.88. The average Bonchev–Trinajstić information content (AvgIpc) is 2.91. The predicted octanol–water partition coefficient (Wildman–Crippen LogP) is 1.74. The second kappa shape index (κ2) is 7.48. The van der Waals surface area contributed by atoms with Gasteiger partial charge in [0.1, 0.15) is 0 Å². The Morgan fingerprint density at radius 2 is 2.12 bits per heavy atom. The van der Waals surface area contributed by atoms with Gasteiger partial charge in [-0.25, -0.2) is 18.1 Å². The molecule has 3 rings (SSSR count). The summed E-state index contributed by atoms with van der Waals surface area (Å²) < 4.78 is 33.7. The Kier molecular flexibility index (Phi) is 5.47. The summed E-state index contributed by atoms with van der Waals surface area (Å²) in [5, 5.41) is 13.9. The largest absolute Gasteiger partial charge is 0.441 e. The standard InChI is InChI=1S/C18H25N3O4S/c1-13-4-5-15(16-11-20-14(2)25-16)10-17(13)26(23,24)21-12-18(22)6-3-8-19-9-7-18/h4-5,10-11,19,21-22H,3,6-9,12H2,1-2H3/t18-/m1/s1. The molecule has 0 aliphatic carbocycles. The van der Waals surface area contributed by atoms with Crippen LogP contribution in [0.15, 0.2) is 33.7 Å². The monoisotopic (exact) mass is 379 g/mol. The molecule has 1 aromatic heterocycles. The van der Waals surface area contributed by atoms with Gasteiger partial charge in [0, 0.05) is 19.0 Å². The first-order valence-electron chi connectivity index (χ1n) is 8.75. The number of benzene rings is 1. The highest BCUT2D eigenvalue weighted by molar-refractivity contribution is 7.89. The topological polar surface area (TPSA) is 104 Å². The number of sulfonamides is 1. The highest BCUT2D eigenvalue weighted by Gasteiger charge is 2.30. The zero-order valence-corrected chi connectivity index (χ0v) is 15.9. The average molecular weight is 379 g/mol. The number of hydrogen-bond donors (Lipinski definition) is 3. The van der Waals surface area contributed by atoms with Gasteiger partial charge in [0.15, 0.2) is 11.7 Å². The number of nitrogens with zero attached hydrogens (tertiary/aromatic N) is 1. The van der Waals surface area contributed by atoms with E-state index in [0.29, 0.717) is 42.2 Å². The number of nitrogens with one attached hydrogen (secondary N) is 2. The minimum atomic E-state index is -3.76. The summed E-state index contributed by atoms with van der Waals surface area (Å²) in [6, 6.07) is 5.13.